The lowest BCUT2D eigenvalue weighted by Crippen LogP contribution is -2.51. The van der Waals surface area contributed by atoms with Crippen molar-refractivity contribution < 1.29 is 13.2 Å². The summed E-state index contributed by atoms with van der Waals surface area (Å²) in [5.41, 5.74) is -0.470. The maximum Gasteiger partial charge on any atom is 0.284 e. The molecule has 0 aromatic heterocycles. The second-order valence-electron chi connectivity index (χ2n) is 4.31. The summed E-state index contributed by atoms with van der Waals surface area (Å²) in [7, 11) is -0.343. The molecule has 1 atom stereocenters. The van der Waals surface area contributed by atoms with Crippen molar-refractivity contribution in [1.29, 1.82) is 0 Å². The Morgan fingerprint density at radius 1 is 1.43 bits per heavy atom. The van der Waals surface area contributed by atoms with Crippen LogP contribution in [0.15, 0.2) is 0 Å². The zero-order valence-corrected chi connectivity index (χ0v) is 10.1. The van der Waals surface area contributed by atoms with Crippen molar-refractivity contribution in [3.05, 3.63) is 0 Å². The van der Waals surface area contributed by atoms with Crippen LogP contribution in [-0.4, -0.2) is 49.5 Å². The van der Waals surface area contributed by atoms with Crippen LogP contribution in [-0.2, 0) is 14.9 Å². The average Bonchev–Trinajstić information content (AvgIpc) is 2.25. The molecule has 1 heterocycles. The predicted molar refractivity (Wildman–Crippen MR) is 53.9 cm³/mol. The lowest BCUT2D eigenvalue weighted by atomic mass is 10.1. The Bertz CT molecular complexity index is 311. The SMILES string of the molecule is CC1OCC(C)(C)N1S(=O)(=O)N(C)C. The van der Waals surface area contributed by atoms with Crippen molar-refractivity contribution in [3.63, 3.8) is 0 Å². The third-order valence-corrected chi connectivity index (χ3v) is 4.53. The van der Waals surface area contributed by atoms with Crippen LogP contribution in [0.2, 0.25) is 0 Å². The molecule has 6 heteroatoms. The molecule has 0 aromatic rings. The summed E-state index contributed by atoms with van der Waals surface area (Å²) < 4.78 is 31.8. The summed E-state index contributed by atoms with van der Waals surface area (Å²) in [6.45, 7) is 5.89. The molecule has 0 amide bonds. The Morgan fingerprint density at radius 2 is 1.93 bits per heavy atom. The molecular weight excluding hydrogens is 204 g/mol. The molecule has 1 aliphatic rings. The average molecular weight is 222 g/mol. The van der Waals surface area contributed by atoms with Gasteiger partial charge >= 0.3 is 0 Å². The molecular formula is C8H18N2O3S. The molecule has 0 aliphatic carbocycles. The Morgan fingerprint density at radius 3 is 2.21 bits per heavy atom. The van der Waals surface area contributed by atoms with Crippen molar-refractivity contribution in [2.75, 3.05) is 20.7 Å². The quantitative estimate of drug-likeness (QED) is 0.673. The van der Waals surface area contributed by atoms with Gasteiger partial charge in [-0.25, -0.2) is 0 Å². The smallest absolute Gasteiger partial charge is 0.284 e. The minimum absolute atomic E-state index is 0.391. The van der Waals surface area contributed by atoms with E-state index < -0.39 is 22.0 Å². The molecule has 1 unspecified atom stereocenters. The molecule has 0 radical (unpaired) electrons. The normalized spacial score (nSPS) is 28.6. The van der Waals surface area contributed by atoms with Crippen LogP contribution < -0.4 is 0 Å². The van der Waals surface area contributed by atoms with Crippen LogP contribution in [0.25, 0.3) is 0 Å². The highest BCUT2D eigenvalue weighted by Crippen LogP contribution is 2.30. The topological polar surface area (TPSA) is 49.9 Å². The first-order chi connectivity index (χ1) is 6.19. The second-order valence-corrected chi connectivity index (χ2v) is 6.33. The molecule has 0 aromatic carbocycles. The molecule has 0 spiro atoms. The van der Waals surface area contributed by atoms with Gasteiger partial charge in [0, 0.05) is 14.1 Å². The largest absolute Gasteiger partial charge is 0.360 e. The first kappa shape index (κ1) is 11.9. The summed E-state index contributed by atoms with van der Waals surface area (Å²) in [5.74, 6) is 0. The molecule has 1 rings (SSSR count). The third-order valence-electron chi connectivity index (χ3n) is 2.31. The fourth-order valence-electron chi connectivity index (χ4n) is 1.62. The van der Waals surface area contributed by atoms with Gasteiger partial charge in [0.15, 0.2) is 0 Å². The molecule has 0 saturated carbocycles. The molecule has 1 fully saturated rings. The second kappa shape index (κ2) is 3.44. The van der Waals surface area contributed by atoms with Crippen LogP contribution in [0.5, 0.6) is 0 Å². The standard InChI is InChI=1S/C8H18N2O3S/c1-7-10(8(2,3)6-13-7)14(11,12)9(4)5/h7H,6H2,1-5H3. The van der Waals surface area contributed by atoms with Gasteiger partial charge < -0.3 is 4.74 Å². The maximum absolute atomic E-state index is 11.9. The van der Waals surface area contributed by atoms with Crippen LogP contribution in [0.3, 0.4) is 0 Å². The number of rotatable bonds is 2. The first-order valence-electron chi connectivity index (χ1n) is 4.53. The number of hydrogen-bond acceptors (Lipinski definition) is 3. The molecule has 1 saturated heterocycles. The van der Waals surface area contributed by atoms with Crippen molar-refractivity contribution >= 4 is 10.2 Å². The van der Waals surface area contributed by atoms with E-state index in [4.69, 9.17) is 4.74 Å². The molecule has 5 nitrogen and oxygen atoms in total. The Kier molecular flexibility index (Phi) is 2.93. The molecule has 84 valence electrons. The zero-order chi connectivity index (χ0) is 11.1. The Hall–Kier alpha value is -0.170. The number of hydrogen-bond donors (Lipinski definition) is 0. The van der Waals surface area contributed by atoms with E-state index in [1.54, 1.807) is 6.92 Å². The summed E-state index contributed by atoms with van der Waals surface area (Å²) >= 11 is 0. The summed E-state index contributed by atoms with van der Waals surface area (Å²) in [5, 5.41) is 0. The van der Waals surface area contributed by atoms with Crippen molar-refractivity contribution in [2.24, 2.45) is 0 Å². The summed E-state index contributed by atoms with van der Waals surface area (Å²) in [6.07, 6.45) is -0.391. The molecule has 14 heavy (non-hydrogen) atoms. The van der Waals surface area contributed by atoms with Gasteiger partial charge in [0.2, 0.25) is 0 Å². The highest BCUT2D eigenvalue weighted by molar-refractivity contribution is 7.86. The number of ether oxygens (including phenoxy) is 1. The van der Waals surface area contributed by atoms with E-state index in [0.717, 1.165) is 0 Å². The minimum Gasteiger partial charge on any atom is -0.360 e. The fourth-order valence-corrected chi connectivity index (χ4v) is 3.09. The van der Waals surface area contributed by atoms with E-state index in [2.05, 4.69) is 0 Å². The van der Waals surface area contributed by atoms with Crippen molar-refractivity contribution in [2.45, 2.75) is 32.5 Å². The van der Waals surface area contributed by atoms with Crippen LogP contribution >= 0.6 is 0 Å². The van der Waals surface area contributed by atoms with Gasteiger partial charge in [-0.2, -0.15) is 17.0 Å². The Balaban J connectivity index is 3.08. The zero-order valence-electron chi connectivity index (χ0n) is 9.31. The molecule has 0 N–H and O–H groups in total. The summed E-state index contributed by atoms with van der Waals surface area (Å²) in [6, 6.07) is 0. The van der Waals surface area contributed by atoms with E-state index >= 15 is 0 Å². The lowest BCUT2D eigenvalue weighted by molar-refractivity contribution is 0.0822. The number of nitrogens with zero attached hydrogens (tertiary/aromatic N) is 2. The van der Waals surface area contributed by atoms with Gasteiger partial charge in [-0.1, -0.05) is 0 Å². The highest BCUT2D eigenvalue weighted by atomic mass is 32.2. The van der Waals surface area contributed by atoms with Gasteiger partial charge in [0.1, 0.15) is 6.23 Å². The minimum atomic E-state index is -3.39. The predicted octanol–water partition coefficient (Wildman–Crippen LogP) is 0.250. The van der Waals surface area contributed by atoms with Crippen molar-refractivity contribution in [3.8, 4) is 0 Å². The maximum atomic E-state index is 11.9. The lowest BCUT2D eigenvalue weighted by Gasteiger charge is -2.32. The monoisotopic (exact) mass is 222 g/mol. The van der Waals surface area contributed by atoms with Gasteiger partial charge in [0.05, 0.1) is 12.1 Å². The first-order valence-corrected chi connectivity index (χ1v) is 5.93. The van der Waals surface area contributed by atoms with Gasteiger partial charge in [-0.05, 0) is 20.8 Å². The van der Waals surface area contributed by atoms with E-state index in [-0.39, 0.29) is 0 Å². The van der Waals surface area contributed by atoms with Gasteiger partial charge in [0.25, 0.3) is 10.2 Å². The molecule has 0 bridgehead atoms. The van der Waals surface area contributed by atoms with Crippen LogP contribution in [0.1, 0.15) is 20.8 Å². The summed E-state index contributed by atoms with van der Waals surface area (Å²) in [4.78, 5) is 0. The van der Waals surface area contributed by atoms with Gasteiger partial charge in [-0.3, -0.25) is 0 Å². The molecule has 1 aliphatic heterocycles. The highest BCUT2D eigenvalue weighted by Gasteiger charge is 2.46. The van der Waals surface area contributed by atoms with E-state index in [1.807, 2.05) is 13.8 Å². The van der Waals surface area contributed by atoms with E-state index in [1.165, 1.54) is 22.7 Å². The van der Waals surface area contributed by atoms with Crippen LogP contribution in [0.4, 0.5) is 0 Å². The van der Waals surface area contributed by atoms with Gasteiger partial charge in [-0.15, -0.1) is 0 Å². The fraction of sp³-hybridized carbons (Fsp3) is 1.00. The van der Waals surface area contributed by atoms with Crippen LogP contribution in [0, 0.1) is 0 Å². The van der Waals surface area contributed by atoms with E-state index in [0.29, 0.717) is 6.61 Å². The third kappa shape index (κ3) is 1.79. The Labute approximate surface area is 85.8 Å². The van der Waals surface area contributed by atoms with E-state index in [9.17, 15) is 8.42 Å². The van der Waals surface area contributed by atoms with Crippen molar-refractivity contribution in [1.82, 2.24) is 8.61 Å².